The van der Waals surface area contributed by atoms with Crippen molar-refractivity contribution in [1.82, 2.24) is 10.5 Å². The number of hydrogen-bond donors (Lipinski definition) is 1. The number of rotatable bonds is 6. The highest BCUT2D eigenvalue weighted by Crippen LogP contribution is 2.29. The highest BCUT2D eigenvalue weighted by Gasteiger charge is 2.20. The van der Waals surface area contributed by atoms with Crippen LogP contribution in [0.5, 0.6) is 5.88 Å². The summed E-state index contributed by atoms with van der Waals surface area (Å²) in [4.78, 5) is 0. The predicted octanol–water partition coefficient (Wildman–Crippen LogP) is 3.30. The number of nitrogens with one attached hydrogen (secondary N) is 1. The fraction of sp³-hybridized carbons (Fsp3) is 0.214. The minimum absolute atomic E-state index is 0.0616. The Hall–Kier alpha value is -1.34. The lowest BCUT2D eigenvalue weighted by molar-refractivity contribution is 0.263. The minimum Gasteiger partial charge on any atom is -0.470 e. The topological polar surface area (TPSA) is 47.3 Å². The normalized spacial score (nSPS) is 12.1. The molecule has 19 heavy (non-hydrogen) atoms. The molecule has 1 atom stereocenters. The van der Waals surface area contributed by atoms with Crippen molar-refractivity contribution in [3.63, 3.8) is 0 Å². The van der Waals surface area contributed by atoms with Gasteiger partial charge in [0, 0.05) is 0 Å². The van der Waals surface area contributed by atoms with Crippen molar-refractivity contribution in [2.45, 2.75) is 12.6 Å². The number of nitrogens with zero attached hydrogens (tertiary/aromatic N) is 1. The van der Waals surface area contributed by atoms with E-state index in [0.29, 0.717) is 12.5 Å². The van der Waals surface area contributed by atoms with Gasteiger partial charge in [0.2, 0.25) is 0 Å². The van der Waals surface area contributed by atoms with Crippen LogP contribution in [0.2, 0.25) is 0 Å². The Morgan fingerprint density at radius 2 is 2.21 bits per heavy atom. The van der Waals surface area contributed by atoms with E-state index in [1.807, 2.05) is 37.4 Å². The molecular formula is C14H15IN2O2. The molecule has 0 fully saturated rings. The average molecular weight is 370 g/mol. The van der Waals surface area contributed by atoms with Crippen LogP contribution in [-0.2, 0) is 6.61 Å². The predicted molar refractivity (Wildman–Crippen MR) is 82.0 cm³/mol. The summed E-state index contributed by atoms with van der Waals surface area (Å²) >= 11 is 2.17. The van der Waals surface area contributed by atoms with Crippen molar-refractivity contribution in [1.29, 1.82) is 0 Å². The van der Waals surface area contributed by atoms with Gasteiger partial charge in [-0.05, 0) is 40.4 Å². The van der Waals surface area contributed by atoms with Crippen molar-refractivity contribution in [2.75, 3.05) is 7.05 Å². The average Bonchev–Trinajstić information content (AvgIpc) is 2.81. The van der Waals surface area contributed by atoms with Crippen LogP contribution in [-0.4, -0.2) is 12.2 Å². The van der Waals surface area contributed by atoms with Crippen LogP contribution in [0.3, 0.4) is 0 Å². The summed E-state index contributed by atoms with van der Waals surface area (Å²) in [5, 5.41) is 7.04. The molecule has 0 spiro atoms. The molecule has 1 N–H and O–H groups in total. The molecule has 0 aliphatic carbocycles. The van der Waals surface area contributed by atoms with Gasteiger partial charge >= 0.3 is 0 Å². The first-order valence-electron chi connectivity index (χ1n) is 5.88. The summed E-state index contributed by atoms with van der Waals surface area (Å²) in [5.41, 5.74) is 1.09. The van der Waals surface area contributed by atoms with Gasteiger partial charge in [-0.1, -0.05) is 36.4 Å². The molecule has 1 aromatic heterocycles. The van der Waals surface area contributed by atoms with Gasteiger partial charge in [0.05, 0.1) is 6.04 Å². The van der Waals surface area contributed by atoms with Gasteiger partial charge in [0.1, 0.15) is 10.2 Å². The molecule has 4 nitrogen and oxygen atoms in total. The van der Waals surface area contributed by atoms with E-state index >= 15 is 0 Å². The first kappa shape index (κ1) is 14.1. The maximum atomic E-state index is 5.67. The molecule has 2 aromatic rings. The molecule has 1 heterocycles. The van der Waals surface area contributed by atoms with Crippen LogP contribution in [0.25, 0.3) is 0 Å². The molecule has 2 rings (SSSR count). The van der Waals surface area contributed by atoms with E-state index in [4.69, 9.17) is 9.26 Å². The van der Waals surface area contributed by atoms with E-state index in [0.717, 1.165) is 14.9 Å². The molecule has 5 heteroatoms. The second-order valence-corrected chi connectivity index (χ2v) is 5.02. The summed E-state index contributed by atoms with van der Waals surface area (Å²) in [6, 6.07) is 9.89. The summed E-state index contributed by atoms with van der Waals surface area (Å²) < 4.78 is 11.8. The van der Waals surface area contributed by atoms with E-state index in [2.05, 4.69) is 39.6 Å². The minimum atomic E-state index is -0.0616. The van der Waals surface area contributed by atoms with E-state index in [1.165, 1.54) is 0 Å². The third kappa shape index (κ3) is 3.36. The molecule has 100 valence electrons. The molecule has 0 aliphatic rings. The van der Waals surface area contributed by atoms with Crippen LogP contribution in [0.15, 0.2) is 47.5 Å². The van der Waals surface area contributed by atoms with E-state index in [-0.39, 0.29) is 6.04 Å². The number of likely N-dealkylation sites (N-methyl/N-ethyl adjacent to an activating group) is 1. The van der Waals surface area contributed by atoms with E-state index < -0.39 is 0 Å². The number of ether oxygens (including phenoxy) is 1. The lowest BCUT2D eigenvalue weighted by Gasteiger charge is -2.07. The monoisotopic (exact) mass is 370 g/mol. The van der Waals surface area contributed by atoms with Gasteiger partial charge in [-0.25, -0.2) is 0 Å². The summed E-state index contributed by atoms with van der Waals surface area (Å²) in [6.45, 7) is 4.23. The van der Waals surface area contributed by atoms with Gasteiger partial charge in [-0.2, -0.15) is 0 Å². The Labute approximate surface area is 126 Å². The zero-order valence-electron chi connectivity index (χ0n) is 10.6. The van der Waals surface area contributed by atoms with Crippen LogP contribution < -0.4 is 10.1 Å². The van der Waals surface area contributed by atoms with Crippen molar-refractivity contribution >= 4 is 22.6 Å². The lowest BCUT2D eigenvalue weighted by atomic mass is 10.2. The van der Waals surface area contributed by atoms with Gasteiger partial charge < -0.3 is 14.6 Å². The molecule has 0 bridgehead atoms. The lowest BCUT2D eigenvalue weighted by Crippen LogP contribution is -2.13. The van der Waals surface area contributed by atoms with Crippen LogP contribution >= 0.6 is 22.6 Å². The maximum Gasteiger partial charge on any atom is 0.268 e. The zero-order valence-corrected chi connectivity index (χ0v) is 12.8. The molecule has 0 amide bonds. The highest BCUT2D eigenvalue weighted by atomic mass is 127. The molecule has 0 saturated carbocycles. The third-order valence-corrected chi connectivity index (χ3v) is 3.67. The molecule has 0 saturated heterocycles. The Bertz CT molecular complexity index is 540. The number of halogens is 1. The molecular weight excluding hydrogens is 355 g/mol. The number of benzene rings is 1. The van der Waals surface area contributed by atoms with Crippen molar-refractivity contribution in [3.8, 4) is 5.88 Å². The van der Waals surface area contributed by atoms with Crippen molar-refractivity contribution in [2.24, 2.45) is 0 Å². The van der Waals surface area contributed by atoms with Crippen molar-refractivity contribution < 1.29 is 9.26 Å². The Balaban J connectivity index is 2.08. The van der Waals surface area contributed by atoms with Crippen LogP contribution in [0.4, 0.5) is 0 Å². The Kier molecular flexibility index (Phi) is 4.98. The van der Waals surface area contributed by atoms with Crippen LogP contribution in [0, 0.1) is 3.57 Å². The Morgan fingerprint density at radius 3 is 2.84 bits per heavy atom. The number of aromatic nitrogens is 1. The first-order valence-corrected chi connectivity index (χ1v) is 6.95. The van der Waals surface area contributed by atoms with Gasteiger partial charge in [0.25, 0.3) is 5.88 Å². The summed E-state index contributed by atoms with van der Waals surface area (Å²) in [7, 11) is 1.84. The van der Waals surface area contributed by atoms with Crippen LogP contribution in [0.1, 0.15) is 17.4 Å². The zero-order chi connectivity index (χ0) is 13.7. The summed E-state index contributed by atoms with van der Waals surface area (Å²) in [6.07, 6.45) is 1.77. The number of hydrogen-bond acceptors (Lipinski definition) is 4. The SMILES string of the molecule is C=C[C@H](NC)c1onc(OCc2ccccc2)c1I. The fourth-order valence-electron chi connectivity index (χ4n) is 1.64. The molecule has 0 unspecified atom stereocenters. The van der Waals surface area contributed by atoms with E-state index in [9.17, 15) is 0 Å². The smallest absolute Gasteiger partial charge is 0.268 e. The van der Waals surface area contributed by atoms with Gasteiger partial charge in [-0.15, -0.1) is 6.58 Å². The Morgan fingerprint density at radius 1 is 1.47 bits per heavy atom. The largest absolute Gasteiger partial charge is 0.470 e. The van der Waals surface area contributed by atoms with Crippen molar-refractivity contribution in [3.05, 3.63) is 57.9 Å². The summed E-state index contributed by atoms with van der Waals surface area (Å²) in [5.74, 6) is 1.24. The fourth-order valence-corrected chi connectivity index (χ4v) is 2.33. The van der Waals surface area contributed by atoms with Gasteiger partial charge in [-0.3, -0.25) is 0 Å². The first-order chi connectivity index (χ1) is 9.26. The molecule has 1 aromatic carbocycles. The highest BCUT2D eigenvalue weighted by molar-refractivity contribution is 14.1. The second kappa shape index (κ2) is 6.72. The third-order valence-electron chi connectivity index (χ3n) is 2.68. The molecule has 0 radical (unpaired) electrons. The van der Waals surface area contributed by atoms with Gasteiger partial charge in [0.15, 0.2) is 5.76 Å². The van der Waals surface area contributed by atoms with E-state index in [1.54, 1.807) is 6.08 Å². The maximum absolute atomic E-state index is 5.67. The molecule has 0 aliphatic heterocycles. The standard InChI is InChI=1S/C14H15IN2O2/c1-3-11(16-2)13-12(15)14(17-19-13)18-9-10-7-5-4-6-8-10/h3-8,11,16H,1,9H2,2H3/t11-/m0/s1. The quantitative estimate of drug-likeness (QED) is 0.626. The second-order valence-electron chi connectivity index (χ2n) is 3.94.